The molecule has 1 saturated heterocycles. The number of hydrogen-bond donors (Lipinski definition) is 2. The average Bonchev–Trinajstić information content (AvgIpc) is 2.68. The topological polar surface area (TPSA) is 87.7 Å². The van der Waals surface area contributed by atoms with Crippen molar-refractivity contribution in [1.82, 2.24) is 4.72 Å². The van der Waals surface area contributed by atoms with Crippen molar-refractivity contribution in [3.63, 3.8) is 0 Å². The highest BCUT2D eigenvalue weighted by Gasteiger charge is 2.30. The van der Waals surface area contributed by atoms with Crippen LogP contribution in [-0.4, -0.2) is 50.9 Å². The van der Waals surface area contributed by atoms with Gasteiger partial charge in [-0.3, -0.25) is 4.79 Å². The number of carbonyl (C=O) groups is 1. The van der Waals surface area contributed by atoms with E-state index in [1.54, 1.807) is 13.8 Å². The Bertz CT molecular complexity index is 870. The highest BCUT2D eigenvalue weighted by atomic mass is 32.2. The second-order valence-electron chi connectivity index (χ2n) is 8.92. The summed E-state index contributed by atoms with van der Waals surface area (Å²) < 4.78 is 32.0. The van der Waals surface area contributed by atoms with Crippen LogP contribution in [0.1, 0.15) is 65.0 Å². The Kier molecular flexibility index (Phi) is 8.92. The van der Waals surface area contributed by atoms with Crippen LogP contribution in [0, 0.1) is 13.8 Å². The summed E-state index contributed by atoms with van der Waals surface area (Å²) in [5.74, 6) is -0.0519. The first kappa shape index (κ1) is 25.6. The van der Waals surface area contributed by atoms with E-state index in [9.17, 15) is 13.2 Å². The Labute approximate surface area is 188 Å². The third-order valence-corrected chi connectivity index (χ3v) is 8.02. The third-order valence-electron chi connectivity index (χ3n) is 6.17. The highest BCUT2D eigenvalue weighted by molar-refractivity contribution is 7.90. The molecular formula is C23H39N3O4S. The van der Waals surface area contributed by atoms with Gasteiger partial charge in [0.2, 0.25) is 15.9 Å². The first-order chi connectivity index (χ1) is 14.4. The van der Waals surface area contributed by atoms with E-state index in [1.807, 2.05) is 13.0 Å². The zero-order valence-corrected chi connectivity index (χ0v) is 20.8. The average molecular weight is 454 g/mol. The SMILES string of the molecule is Cc1c(NC(=O)CCCCNS(=O)(=O)C(C)C)ccc(N2C[C@H](C)O[C@H](C)C2C)c1C. The van der Waals surface area contributed by atoms with E-state index in [4.69, 9.17) is 4.74 Å². The molecule has 2 rings (SSSR count). The number of hydrogen-bond acceptors (Lipinski definition) is 5. The van der Waals surface area contributed by atoms with Crippen molar-refractivity contribution in [1.29, 1.82) is 0 Å². The Morgan fingerprint density at radius 2 is 1.84 bits per heavy atom. The van der Waals surface area contributed by atoms with Crippen LogP contribution in [0.5, 0.6) is 0 Å². The van der Waals surface area contributed by atoms with Gasteiger partial charge in [-0.1, -0.05) is 0 Å². The molecule has 2 N–H and O–H groups in total. The number of nitrogens with zero attached hydrogens (tertiary/aromatic N) is 1. The molecule has 8 heteroatoms. The number of rotatable bonds is 9. The van der Waals surface area contributed by atoms with Gasteiger partial charge in [0.05, 0.1) is 23.5 Å². The molecule has 1 fully saturated rings. The lowest BCUT2D eigenvalue weighted by molar-refractivity contribution is -0.116. The molecule has 31 heavy (non-hydrogen) atoms. The lowest BCUT2D eigenvalue weighted by Gasteiger charge is -2.43. The van der Waals surface area contributed by atoms with Crippen molar-refractivity contribution in [2.24, 2.45) is 0 Å². The molecule has 0 bridgehead atoms. The van der Waals surface area contributed by atoms with Gasteiger partial charge in [0, 0.05) is 30.9 Å². The minimum Gasteiger partial charge on any atom is -0.372 e. The number of carbonyl (C=O) groups excluding carboxylic acids is 1. The number of benzene rings is 1. The maximum atomic E-state index is 12.4. The van der Waals surface area contributed by atoms with Crippen LogP contribution in [0.4, 0.5) is 11.4 Å². The largest absolute Gasteiger partial charge is 0.372 e. The molecule has 0 saturated carbocycles. The molecule has 0 aliphatic carbocycles. The summed E-state index contributed by atoms with van der Waals surface area (Å²) in [7, 11) is -3.24. The summed E-state index contributed by atoms with van der Waals surface area (Å²) in [6, 6.07) is 4.34. The highest BCUT2D eigenvalue weighted by Crippen LogP contribution is 2.32. The molecule has 1 heterocycles. The summed E-state index contributed by atoms with van der Waals surface area (Å²) in [6.07, 6.45) is 1.95. The van der Waals surface area contributed by atoms with Crippen molar-refractivity contribution in [2.75, 3.05) is 23.3 Å². The smallest absolute Gasteiger partial charge is 0.224 e. The molecule has 7 nitrogen and oxygen atoms in total. The lowest BCUT2D eigenvalue weighted by Crippen LogP contribution is -2.52. The van der Waals surface area contributed by atoms with Crippen LogP contribution in [0.2, 0.25) is 0 Å². The summed E-state index contributed by atoms with van der Waals surface area (Å²) >= 11 is 0. The van der Waals surface area contributed by atoms with Crippen LogP contribution < -0.4 is 14.9 Å². The van der Waals surface area contributed by atoms with E-state index in [-0.39, 0.29) is 24.2 Å². The Morgan fingerprint density at radius 1 is 1.16 bits per heavy atom. The molecule has 1 aliphatic heterocycles. The predicted octanol–water partition coefficient (Wildman–Crippen LogP) is 3.74. The van der Waals surface area contributed by atoms with Crippen LogP contribution in [0.3, 0.4) is 0 Å². The molecule has 1 unspecified atom stereocenters. The number of anilines is 2. The Balaban J connectivity index is 1.93. The number of amides is 1. The molecular weight excluding hydrogens is 414 g/mol. The van der Waals surface area contributed by atoms with Crippen molar-refractivity contribution in [2.45, 2.75) is 91.2 Å². The number of morpholine rings is 1. The van der Waals surface area contributed by atoms with E-state index in [0.29, 0.717) is 25.8 Å². The molecule has 1 amide bonds. The maximum Gasteiger partial charge on any atom is 0.224 e. The van der Waals surface area contributed by atoms with E-state index < -0.39 is 15.3 Å². The maximum absolute atomic E-state index is 12.4. The monoisotopic (exact) mass is 453 g/mol. The molecule has 1 aromatic carbocycles. The second-order valence-corrected chi connectivity index (χ2v) is 11.2. The van der Waals surface area contributed by atoms with Crippen LogP contribution in [0.25, 0.3) is 0 Å². The Morgan fingerprint density at radius 3 is 2.48 bits per heavy atom. The molecule has 1 aliphatic rings. The van der Waals surface area contributed by atoms with Crippen LogP contribution in [-0.2, 0) is 19.6 Å². The minimum atomic E-state index is -3.24. The fourth-order valence-corrected chi connectivity index (χ4v) is 4.56. The van der Waals surface area contributed by atoms with Crippen molar-refractivity contribution >= 4 is 27.3 Å². The number of ether oxygens (including phenoxy) is 1. The molecule has 3 atom stereocenters. The summed E-state index contributed by atoms with van der Waals surface area (Å²) in [5, 5.41) is 2.57. The number of nitrogens with one attached hydrogen (secondary N) is 2. The van der Waals surface area contributed by atoms with Crippen LogP contribution in [0.15, 0.2) is 12.1 Å². The fourth-order valence-electron chi connectivity index (χ4n) is 3.79. The van der Waals surface area contributed by atoms with Crippen molar-refractivity contribution in [3.05, 3.63) is 23.3 Å². The van der Waals surface area contributed by atoms with Crippen molar-refractivity contribution < 1.29 is 17.9 Å². The summed E-state index contributed by atoms with van der Waals surface area (Å²) in [4.78, 5) is 14.8. The third kappa shape index (κ3) is 6.67. The molecule has 0 aromatic heterocycles. The first-order valence-corrected chi connectivity index (χ1v) is 12.8. The van der Waals surface area contributed by atoms with Gasteiger partial charge in [0.15, 0.2) is 0 Å². The van der Waals surface area contributed by atoms with E-state index in [0.717, 1.165) is 23.4 Å². The fraction of sp³-hybridized carbons (Fsp3) is 0.696. The van der Waals surface area contributed by atoms with Crippen molar-refractivity contribution in [3.8, 4) is 0 Å². The van der Waals surface area contributed by atoms with E-state index >= 15 is 0 Å². The zero-order valence-electron chi connectivity index (χ0n) is 20.0. The predicted molar refractivity (Wildman–Crippen MR) is 127 cm³/mol. The van der Waals surface area contributed by atoms with Gasteiger partial charge in [0.25, 0.3) is 0 Å². The summed E-state index contributed by atoms with van der Waals surface area (Å²) in [5.41, 5.74) is 4.24. The Hall–Kier alpha value is -1.64. The minimum absolute atomic E-state index is 0.0519. The van der Waals surface area contributed by atoms with Gasteiger partial charge in [-0.2, -0.15) is 0 Å². The number of unbranched alkanes of at least 4 members (excludes halogenated alkanes) is 1. The standard InChI is InChI=1S/C23H39N3O4S/c1-15(2)31(28,29)24-13-9-8-10-23(27)25-21-11-12-22(18(5)17(21)4)26-14-16(3)30-20(7)19(26)6/h11-12,15-16,19-20,24H,8-10,13-14H2,1-7H3,(H,25,27)/t16-,19?,20+/m0/s1. The second kappa shape index (κ2) is 10.8. The number of sulfonamides is 1. The first-order valence-electron chi connectivity index (χ1n) is 11.2. The quantitative estimate of drug-likeness (QED) is 0.556. The summed E-state index contributed by atoms with van der Waals surface area (Å²) in [6.45, 7) is 15.0. The van der Waals surface area contributed by atoms with Gasteiger partial charge in [-0.25, -0.2) is 13.1 Å². The molecule has 176 valence electrons. The zero-order chi connectivity index (χ0) is 23.3. The molecule has 1 aromatic rings. The van der Waals surface area contributed by atoms with Crippen LogP contribution >= 0.6 is 0 Å². The van der Waals surface area contributed by atoms with Gasteiger partial charge < -0.3 is 15.0 Å². The molecule has 0 radical (unpaired) electrons. The lowest BCUT2D eigenvalue weighted by atomic mass is 10.0. The van der Waals surface area contributed by atoms with Gasteiger partial charge in [-0.05, 0) is 84.6 Å². The van der Waals surface area contributed by atoms with E-state index in [1.165, 1.54) is 5.69 Å². The normalized spacial score (nSPS) is 22.1. The van der Waals surface area contributed by atoms with Gasteiger partial charge >= 0.3 is 0 Å². The molecule has 0 spiro atoms. The van der Waals surface area contributed by atoms with Gasteiger partial charge in [0.1, 0.15) is 0 Å². The van der Waals surface area contributed by atoms with E-state index in [2.05, 4.69) is 48.7 Å². The van der Waals surface area contributed by atoms with Gasteiger partial charge in [-0.15, -0.1) is 0 Å².